The normalized spacial score (nSPS) is 12.5. The van der Waals surface area contributed by atoms with E-state index >= 15 is 0 Å². The van der Waals surface area contributed by atoms with Crippen molar-refractivity contribution in [3.63, 3.8) is 0 Å². The molecule has 1 aromatic rings. The van der Waals surface area contributed by atoms with Crippen LogP contribution in [0, 0.1) is 6.92 Å². The number of rotatable bonds is 13. The topological polar surface area (TPSA) is 79.0 Å². The van der Waals surface area contributed by atoms with Crippen molar-refractivity contribution in [3.8, 4) is 0 Å². The molecule has 1 N–H and O–H groups in total. The van der Waals surface area contributed by atoms with Crippen molar-refractivity contribution < 1.29 is 19.1 Å². The number of nitrogens with zero attached hydrogens (tertiary/aromatic N) is 2. The molecule has 0 saturated carbocycles. The van der Waals surface area contributed by atoms with Crippen LogP contribution in [0.2, 0.25) is 0 Å². The van der Waals surface area contributed by atoms with Crippen LogP contribution in [0.3, 0.4) is 0 Å². The Labute approximate surface area is 217 Å². The first-order chi connectivity index (χ1) is 15.9. The number of ether oxygens (including phenoxy) is 1. The van der Waals surface area contributed by atoms with Gasteiger partial charge in [0.1, 0.15) is 18.2 Å². The number of halogens is 1. The van der Waals surface area contributed by atoms with Gasteiger partial charge >= 0.3 is 5.97 Å². The van der Waals surface area contributed by atoms with Gasteiger partial charge in [-0.25, -0.2) is 0 Å². The predicted octanol–water partition coefficient (Wildman–Crippen LogP) is 3.70. The van der Waals surface area contributed by atoms with Gasteiger partial charge in [0.05, 0.1) is 6.04 Å². The minimum Gasteiger partial charge on any atom is -0.459 e. The molecule has 0 aliphatic carbocycles. The molecular formula is C27H42ClN3O4. The van der Waals surface area contributed by atoms with E-state index in [0.717, 1.165) is 11.1 Å². The fraction of sp³-hybridized carbons (Fsp3) is 0.519. The first-order valence-corrected chi connectivity index (χ1v) is 11.6. The molecule has 0 aliphatic heterocycles. The van der Waals surface area contributed by atoms with Crippen LogP contribution < -0.4 is 5.32 Å². The van der Waals surface area contributed by atoms with Gasteiger partial charge in [-0.1, -0.05) is 42.0 Å². The van der Waals surface area contributed by atoms with Crippen molar-refractivity contribution in [1.82, 2.24) is 15.1 Å². The first-order valence-electron chi connectivity index (χ1n) is 11.6. The quantitative estimate of drug-likeness (QED) is 0.325. The van der Waals surface area contributed by atoms with E-state index in [-0.39, 0.29) is 30.8 Å². The monoisotopic (exact) mass is 507 g/mol. The summed E-state index contributed by atoms with van der Waals surface area (Å²) in [5, 5.41) is 3.02. The van der Waals surface area contributed by atoms with E-state index in [9.17, 15) is 14.4 Å². The van der Waals surface area contributed by atoms with Crippen molar-refractivity contribution in [2.75, 3.05) is 27.2 Å². The van der Waals surface area contributed by atoms with Crippen molar-refractivity contribution in [2.45, 2.75) is 64.6 Å². The van der Waals surface area contributed by atoms with Crippen LogP contribution in [0.5, 0.6) is 0 Å². The van der Waals surface area contributed by atoms with E-state index in [1.807, 2.05) is 31.2 Å². The maximum atomic E-state index is 13.7. The molecule has 0 radical (unpaired) electrons. The Balaban J connectivity index is 0.0000116. The van der Waals surface area contributed by atoms with E-state index in [1.165, 1.54) is 4.90 Å². The Morgan fingerprint density at radius 2 is 1.69 bits per heavy atom. The third-order valence-corrected chi connectivity index (χ3v) is 5.28. The molecule has 0 aliphatic rings. The summed E-state index contributed by atoms with van der Waals surface area (Å²) in [5.74, 6) is -1.01. The van der Waals surface area contributed by atoms with E-state index in [0.29, 0.717) is 25.8 Å². The third-order valence-electron chi connectivity index (χ3n) is 5.28. The maximum Gasteiger partial charge on any atom is 0.326 e. The molecule has 35 heavy (non-hydrogen) atoms. The Morgan fingerprint density at radius 1 is 1.09 bits per heavy atom. The molecule has 0 saturated heterocycles. The van der Waals surface area contributed by atoms with Gasteiger partial charge in [0.25, 0.3) is 0 Å². The number of benzene rings is 1. The zero-order valence-corrected chi connectivity index (χ0v) is 22.8. The number of esters is 1. The highest BCUT2D eigenvalue weighted by Gasteiger charge is 2.35. The summed E-state index contributed by atoms with van der Waals surface area (Å²) >= 11 is 0. The average molecular weight is 508 g/mol. The molecule has 0 fully saturated rings. The second-order valence-electron chi connectivity index (χ2n) is 9.46. The van der Waals surface area contributed by atoms with Gasteiger partial charge in [-0.15, -0.1) is 25.6 Å². The largest absolute Gasteiger partial charge is 0.459 e. The highest BCUT2D eigenvalue weighted by Crippen LogP contribution is 2.17. The zero-order chi connectivity index (χ0) is 25.9. The van der Waals surface area contributed by atoms with Crippen LogP contribution in [-0.2, 0) is 25.5 Å². The van der Waals surface area contributed by atoms with Gasteiger partial charge in [0, 0.05) is 20.0 Å². The van der Waals surface area contributed by atoms with Crippen molar-refractivity contribution >= 4 is 30.2 Å². The summed E-state index contributed by atoms with van der Waals surface area (Å²) in [6.45, 7) is 15.0. The molecule has 0 aromatic heterocycles. The SMILES string of the molecule is C=CCCN(C(=O)[C@H](CC=C)NC)[C@@H](Cc1ccc(C)cc1)C(=O)N(C)CC(=O)OC(C)(C)C.Cl. The lowest BCUT2D eigenvalue weighted by molar-refractivity contribution is -0.159. The number of hydrogen-bond donors (Lipinski definition) is 1. The Hall–Kier alpha value is -2.64. The predicted molar refractivity (Wildman–Crippen MR) is 144 cm³/mol. The lowest BCUT2D eigenvalue weighted by atomic mass is 10.0. The Bertz CT molecular complexity index is 849. The highest BCUT2D eigenvalue weighted by atomic mass is 35.5. The van der Waals surface area contributed by atoms with Crippen molar-refractivity contribution in [3.05, 3.63) is 60.7 Å². The van der Waals surface area contributed by atoms with Crippen LogP contribution in [0.4, 0.5) is 0 Å². The van der Waals surface area contributed by atoms with Crippen molar-refractivity contribution in [1.29, 1.82) is 0 Å². The minimum atomic E-state index is -0.789. The van der Waals surface area contributed by atoms with Crippen molar-refractivity contribution in [2.24, 2.45) is 0 Å². The summed E-state index contributed by atoms with van der Waals surface area (Å²) in [6.07, 6.45) is 4.68. The second-order valence-corrected chi connectivity index (χ2v) is 9.46. The van der Waals surface area contributed by atoms with E-state index in [1.54, 1.807) is 51.9 Å². The molecule has 0 unspecified atom stereocenters. The fourth-order valence-corrected chi connectivity index (χ4v) is 3.54. The molecule has 0 spiro atoms. The molecule has 1 rings (SSSR count). The Morgan fingerprint density at radius 3 is 2.17 bits per heavy atom. The van der Waals surface area contributed by atoms with E-state index in [4.69, 9.17) is 4.74 Å². The summed E-state index contributed by atoms with van der Waals surface area (Å²) in [5.41, 5.74) is 1.38. The molecule has 196 valence electrons. The van der Waals surface area contributed by atoms with Crippen LogP contribution in [0.25, 0.3) is 0 Å². The first kappa shape index (κ1) is 32.4. The van der Waals surface area contributed by atoms with Crippen LogP contribution in [-0.4, -0.2) is 72.5 Å². The number of hydrogen-bond acceptors (Lipinski definition) is 5. The van der Waals surface area contributed by atoms with Crippen LogP contribution in [0.1, 0.15) is 44.7 Å². The van der Waals surface area contributed by atoms with Gasteiger partial charge in [-0.2, -0.15) is 0 Å². The fourth-order valence-electron chi connectivity index (χ4n) is 3.54. The lowest BCUT2D eigenvalue weighted by Gasteiger charge is -2.35. The number of amides is 2. The zero-order valence-electron chi connectivity index (χ0n) is 22.0. The molecule has 2 atom stereocenters. The average Bonchev–Trinajstić information content (AvgIpc) is 2.76. The maximum absolute atomic E-state index is 13.7. The lowest BCUT2D eigenvalue weighted by Crippen LogP contribution is -2.56. The smallest absolute Gasteiger partial charge is 0.326 e. The third kappa shape index (κ3) is 11.1. The van der Waals surface area contributed by atoms with Gasteiger partial charge < -0.3 is 19.9 Å². The standard InChI is InChI=1S/C27H41N3O4.ClH/c1-9-11-17-30(25(32)22(28-7)12-10-2)23(18-21-15-13-20(3)14-16-21)26(33)29(8)19-24(31)34-27(4,5)6;/h9-10,13-16,22-23,28H,1-2,11-12,17-19H2,3-8H3;1H/t22-,23-;/m0./s1. The molecule has 1 aromatic carbocycles. The molecule has 2 amide bonds. The van der Waals surface area contributed by atoms with Gasteiger partial charge in [0.15, 0.2) is 0 Å². The number of aryl methyl sites for hydroxylation is 1. The number of carbonyl (C=O) groups excluding carboxylic acids is 3. The van der Waals surface area contributed by atoms with E-state index in [2.05, 4.69) is 18.5 Å². The summed E-state index contributed by atoms with van der Waals surface area (Å²) in [4.78, 5) is 42.5. The molecule has 7 nitrogen and oxygen atoms in total. The minimum absolute atomic E-state index is 0. The van der Waals surface area contributed by atoms with Gasteiger partial charge in [-0.3, -0.25) is 14.4 Å². The summed E-state index contributed by atoms with van der Waals surface area (Å²) < 4.78 is 5.38. The summed E-state index contributed by atoms with van der Waals surface area (Å²) in [7, 11) is 3.27. The van der Waals surface area contributed by atoms with Crippen LogP contribution in [0.15, 0.2) is 49.6 Å². The second kappa shape index (κ2) is 15.4. The number of nitrogens with one attached hydrogen (secondary N) is 1. The summed E-state index contributed by atoms with van der Waals surface area (Å²) in [6, 6.07) is 6.57. The number of carbonyl (C=O) groups is 3. The molecule has 0 bridgehead atoms. The van der Waals surface area contributed by atoms with Crippen LogP contribution >= 0.6 is 12.4 Å². The van der Waals surface area contributed by atoms with Gasteiger partial charge in [0.2, 0.25) is 11.8 Å². The Kier molecular flexibility index (Phi) is 14.2. The molecular weight excluding hydrogens is 466 g/mol. The molecule has 8 heteroatoms. The highest BCUT2D eigenvalue weighted by molar-refractivity contribution is 5.91. The van der Waals surface area contributed by atoms with E-state index < -0.39 is 23.7 Å². The molecule has 0 heterocycles. The number of likely N-dealkylation sites (N-methyl/N-ethyl adjacent to an activating group) is 2. The van der Waals surface area contributed by atoms with Gasteiger partial charge in [-0.05, 0) is 53.1 Å².